The van der Waals surface area contributed by atoms with Crippen molar-refractivity contribution in [1.82, 2.24) is 4.90 Å². The summed E-state index contributed by atoms with van der Waals surface area (Å²) in [6.07, 6.45) is 3.19. The number of aliphatic carboxylic acids is 1. The third kappa shape index (κ3) is 4.10. The molecule has 0 saturated heterocycles. The van der Waals surface area contributed by atoms with E-state index in [0.29, 0.717) is 12.5 Å². The average Bonchev–Trinajstić information content (AvgIpc) is 3.01. The maximum atomic E-state index is 11.0. The van der Waals surface area contributed by atoms with E-state index in [-0.39, 0.29) is 0 Å². The minimum Gasteiger partial charge on any atom is -0.481 e. The Morgan fingerprint density at radius 2 is 2.06 bits per heavy atom. The maximum Gasteiger partial charge on any atom is 0.309 e. The van der Waals surface area contributed by atoms with Gasteiger partial charge in [0.2, 0.25) is 0 Å². The summed E-state index contributed by atoms with van der Waals surface area (Å²) < 4.78 is 5.07. The van der Waals surface area contributed by atoms with Crippen LogP contribution >= 0.6 is 0 Å². The summed E-state index contributed by atoms with van der Waals surface area (Å²) in [5.41, 5.74) is -0.625. The Hall–Kier alpha value is -0.610. The molecule has 16 heavy (non-hydrogen) atoms. The zero-order valence-corrected chi connectivity index (χ0v) is 10.5. The van der Waals surface area contributed by atoms with E-state index >= 15 is 0 Å². The van der Waals surface area contributed by atoms with Crippen LogP contribution in [-0.4, -0.2) is 48.8 Å². The van der Waals surface area contributed by atoms with Gasteiger partial charge in [-0.1, -0.05) is 0 Å². The van der Waals surface area contributed by atoms with Gasteiger partial charge in [-0.25, -0.2) is 0 Å². The molecule has 0 radical (unpaired) electrons. The van der Waals surface area contributed by atoms with E-state index in [2.05, 4.69) is 4.90 Å². The van der Waals surface area contributed by atoms with Gasteiger partial charge in [0, 0.05) is 19.7 Å². The number of hydrogen-bond donors (Lipinski definition) is 1. The van der Waals surface area contributed by atoms with Crippen molar-refractivity contribution in [2.45, 2.75) is 39.2 Å². The molecule has 1 N–H and O–H groups in total. The SMILES string of the molecule is COCCN(CCC(C)(C)C(=O)O)C1CC1. The summed E-state index contributed by atoms with van der Waals surface area (Å²) in [7, 11) is 1.70. The molecular formula is C12H23NO3. The van der Waals surface area contributed by atoms with Crippen molar-refractivity contribution in [2.24, 2.45) is 5.41 Å². The average molecular weight is 229 g/mol. The fourth-order valence-corrected chi connectivity index (χ4v) is 1.66. The molecule has 4 heteroatoms. The molecule has 0 spiro atoms. The Labute approximate surface area is 97.6 Å². The van der Waals surface area contributed by atoms with Gasteiger partial charge in [0.15, 0.2) is 0 Å². The number of nitrogens with zero attached hydrogens (tertiary/aromatic N) is 1. The molecule has 1 rings (SSSR count). The van der Waals surface area contributed by atoms with Crippen LogP contribution < -0.4 is 0 Å². The van der Waals surface area contributed by atoms with Gasteiger partial charge in [-0.05, 0) is 39.7 Å². The number of rotatable bonds is 8. The fraction of sp³-hybridized carbons (Fsp3) is 0.917. The molecule has 0 unspecified atom stereocenters. The molecule has 0 bridgehead atoms. The van der Waals surface area contributed by atoms with E-state index in [1.165, 1.54) is 12.8 Å². The maximum absolute atomic E-state index is 11.0. The molecule has 0 aliphatic heterocycles. The van der Waals surface area contributed by atoms with Crippen LogP contribution in [0, 0.1) is 5.41 Å². The van der Waals surface area contributed by atoms with Crippen molar-refractivity contribution in [3.05, 3.63) is 0 Å². The van der Waals surface area contributed by atoms with Crippen LogP contribution in [0.15, 0.2) is 0 Å². The summed E-state index contributed by atoms with van der Waals surface area (Å²) in [6, 6.07) is 0.666. The first kappa shape index (κ1) is 13.5. The van der Waals surface area contributed by atoms with Crippen LogP contribution in [0.25, 0.3) is 0 Å². The minimum absolute atomic E-state index is 0.625. The van der Waals surface area contributed by atoms with Gasteiger partial charge in [0.1, 0.15) is 0 Å². The van der Waals surface area contributed by atoms with Crippen LogP contribution in [0.3, 0.4) is 0 Å². The van der Waals surface area contributed by atoms with Gasteiger partial charge in [0.05, 0.1) is 12.0 Å². The normalized spacial score (nSPS) is 16.8. The largest absolute Gasteiger partial charge is 0.481 e. The molecule has 0 aromatic heterocycles. The molecule has 0 amide bonds. The van der Waals surface area contributed by atoms with Gasteiger partial charge in [-0.2, -0.15) is 0 Å². The standard InChI is InChI=1S/C12H23NO3/c1-12(2,11(14)15)6-7-13(8-9-16-3)10-4-5-10/h10H,4-9H2,1-3H3,(H,14,15). The minimum atomic E-state index is -0.713. The second kappa shape index (κ2) is 5.64. The third-order valence-electron chi connectivity index (χ3n) is 3.25. The van der Waals surface area contributed by atoms with Gasteiger partial charge in [0.25, 0.3) is 0 Å². The molecule has 1 saturated carbocycles. The monoisotopic (exact) mass is 229 g/mol. The predicted molar refractivity (Wildman–Crippen MR) is 62.5 cm³/mol. The molecule has 1 fully saturated rings. The zero-order chi connectivity index (χ0) is 12.2. The summed E-state index contributed by atoms with van der Waals surface area (Å²) in [5, 5.41) is 9.04. The Morgan fingerprint density at radius 1 is 1.44 bits per heavy atom. The van der Waals surface area contributed by atoms with Gasteiger partial charge >= 0.3 is 5.97 Å². The van der Waals surface area contributed by atoms with Gasteiger partial charge < -0.3 is 9.84 Å². The number of carbonyl (C=O) groups is 1. The fourth-order valence-electron chi connectivity index (χ4n) is 1.66. The highest BCUT2D eigenvalue weighted by Crippen LogP contribution is 2.29. The van der Waals surface area contributed by atoms with Crippen molar-refractivity contribution < 1.29 is 14.6 Å². The van der Waals surface area contributed by atoms with E-state index in [1.807, 2.05) is 0 Å². The second-order valence-electron chi connectivity index (χ2n) is 5.20. The Bertz CT molecular complexity index is 236. The summed E-state index contributed by atoms with van der Waals surface area (Å²) in [5.74, 6) is -0.713. The predicted octanol–water partition coefficient (Wildman–Crippen LogP) is 1.60. The first-order chi connectivity index (χ1) is 7.47. The lowest BCUT2D eigenvalue weighted by molar-refractivity contribution is -0.147. The lowest BCUT2D eigenvalue weighted by atomic mass is 9.89. The highest BCUT2D eigenvalue weighted by Gasteiger charge is 2.32. The van der Waals surface area contributed by atoms with Crippen molar-refractivity contribution in [2.75, 3.05) is 26.8 Å². The smallest absolute Gasteiger partial charge is 0.309 e. The molecule has 0 atom stereocenters. The second-order valence-corrected chi connectivity index (χ2v) is 5.20. The Morgan fingerprint density at radius 3 is 2.50 bits per heavy atom. The summed E-state index contributed by atoms with van der Waals surface area (Å²) >= 11 is 0. The Balaban J connectivity index is 2.34. The third-order valence-corrected chi connectivity index (χ3v) is 3.25. The number of ether oxygens (including phenoxy) is 1. The topological polar surface area (TPSA) is 49.8 Å². The lowest BCUT2D eigenvalue weighted by Gasteiger charge is -2.26. The van der Waals surface area contributed by atoms with Crippen LogP contribution in [-0.2, 0) is 9.53 Å². The van der Waals surface area contributed by atoms with Gasteiger partial charge in [-0.15, -0.1) is 0 Å². The first-order valence-electron chi connectivity index (χ1n) is 5.94. The molecule has 94 valence electrons. The van der Waals surface area contributed by atoms with Crippen LogP contribution in [0.1, 0.15) is 33.1 Å². The summed E-state index contributed by atoms with van der Waals surface area (Å²) in [4.78, 5) is 13.3. The first-order valence-corrected chi connectivity index (χ1v) is 5.94. The quantitative estimate of drug-likeness (QED) is 0.687. The number of carboxylic acid groups (broad SMARTS) is 1. The number of methoxy groups -OCH3 is 1. The van der Waals surface area contributed by atoms with E-state index in [4.69, 9.17) is 9.84 Å². The van der Waals surface area contributed by atoms with E-state index in [1.54, 1.807) is 21.0 Å². The molecular weight excluding hydrogens is 206 g/mol. The molecule has 0 aromatic rings. The van der Waals surface area contributed by atoms with Crippen molar-refractivity contribution in [3.8, 4) is 0 Å². The molecule has 0 aromatic carbocycles. The van der Waals surface area contributed by atoms with E-state index in [9.17, 15) is 4.79 Å². The zero-order valence-electron chi connectivity index (χ0n) is 10.5. The summed E-state index contributed by atoms with van der Waals surface area (Å²) in [6.45, 7) is 6.07. The van der Waals surface area contributed by atoms with Crippen LogP contribution in [0.4, 0.5) is 0 Å². The van der Waals surface area contributed by atoms with E-state index in [0.717, 1.165) is 19.7 Å². The highest BCUT2D eigenvalue weighted by atomic mass is 16.5. The highest BCUT2D eigenvalue weighted by molar-refractivity contribution is 5.73. The van der Waals surface area contributed by atoms with Crippen molar-refractivity contribution >= 4 is 5.97 Å². The molecule has 0 heterocycles. The van der Waals surface area contributed by atoms with E-state index < -0.39 is 11.4 Å². The molecule has 1 aliphatic rings. The van der Waals surface area contributed by atoms with Crippen LogP contribution in [0.2, 0.25) is 0 Å². The van der Waals surface area contributed by atoms with Crippen LogP contribution in [0.5, 0.6) is 0 Å². The lowest BCUT2D eigenvalue weighted by Crippen LogP contribution is -2.35. The Kier molecular flexibility index (Phi) is 4.74. The van der Waals surface area contributed by atoms with Crippen molar-refractivity contribution in [3.63, 3.8) is 0 Å². The number of carboxylic acids is 1. The number of hydrogen-bond acceptors (Lipinski definition) is 3. The van der Waals surface area contributed by atoms with Crippen molar-refractivity contribution in [1.29, 1.82) is 0 Å². The molecule has 1 aliphatic carbocycles. The van der Waals surface area contributed by atoms with Gasteiger partial charge in [-0.3, -0.25) is 9.69 Å². The molecule has 4 nitrogen and oxygen atoms in total.